The zero-order chi connectivity index (χ0) is 17.5. The summed E-state index contributed by atoms with van der Waals surface area (Å²) >= 11 is 5.44. The molecule has 0 unspecified atom stereocenters. The molecule has 2 rings (SSSR count). The van der Waals surface area contributed by atoms with Gasteiger partial charge in [0.15, 0.2) is 5.11 Å². The van der Waals surface area contributed by atoms with Crippen LogP contribution in [0.1, 0.15) is 40.9 Å². The summed E-state index contributed by atoms with van der Waals surface area (Å²) in [6, 6.07) is 15.7. The lowest BCUT2D eigenvalue weighted by Gasteiger charge is -2.20. The molecule has 0 fully saturated rings. The molecule has 0 aliphatic heterocycles. The number of thiocarbonyl (C=S) groups is 1. The minimum Gasteiger partial charge on any atom is -0.465 e. The van der Waals surface area contributed by atoms with Gasteiger partial charge in [0.05, 0.1) is 18.7 Å². The van der Waals surface area contributed by atoms with E-state index in [9.17, 15) is 4.79 Å². The van der Waals surface area contributed by atoms with E-state index in [1.807, 2.05) is 31.2 Å². The van der Waals surface area contributed by atoms with Crippen LogP contribution in [0.2, 0.25) is 0 Å². The van der Waals surface area contributed by atoms with Gasteiger partial charge in [0.2, 0.25) is 0 Å². The van der Waals surface area contributed by atoms with Gasteiger partial charge in [0.25, 0.3) is 0 Å². The topological polar surface area (TPSA) is 50.4 Å². The normalized spacial score (nSPS) is 11.5. The highest BCUT2D eigenvalue weighted by atomic mass is 32.1. The Labute approximate surface area is 148 Å². The first-order valence-corrected chi connectivity index (χ1v) is 8.27. The first-order valence-electron chi connectivity index (χ1n) is 7.86. The van der Waals surface area contributed by atoms with E-state index < -0.39 is 0 Å². The van der Waals surface area contributed by atoms with E-state index >= 15 is 0 Å². The number of ether oxygens (including phenoxy) is 1. The van der Waals surface area contributed by atoms with Crippen LogP contribution in [0.15, 0.2) is 48.5 Å². The van der Waals surface area contributed by atoms with Crippen molar-refractivity contribution in [3.63, 3.8) is 0 Å². The number of aryl methyl sites for hydroxylation is 1. The van der Waals surface area contributed by atoms with Gasteiger partial charge in [-0.3, -0.25) is 0 Å². The van der Waals surface area contributed by atoms with Crippen LogP contribution in [0.5, 0.6) is 0 Å². The van der Waals surface area contributed by atoms with Crippen LogP contribution in [0.25, 0.3) is 0 Å². The average molecular weight is 342 g/mol. The molecule has 2 aromatic carbocycles. The van der Waals surface area contributed by atoms with Gasteiger partial charge < -0.3 is 15.4 Å². The second-order valence-corrected chi connectivity index (χ2v) is 5.90. The van der Waals surface area contributed by atoms with Crippen LogP contribution in [-0.2, 0) is 4.74 Å². The number of benzene rings is 2. The van der Waals surface area contributed by atoms with E-state index in [0.717, 1.165) is 17.7 Å². The maximum Gasteiger partial charge on any atom is 0.337 e. The number of hydrogen-bond donors (Lipinski definition) is 2. The van der Waals surface area contributed by atoms with Crippen molar-refractivity contribution in [3.05, 3.63) is 65.2 Å². The van der Waals surface area contributed by atoms with Crippen molar-refractivity contribution >= 4 is 29.0 Å². The van der Waals surface area contributed by atoms with E-state index in [2.05, 4.69) is 29.7 Å². The first-order chi connectivity index (χ1) is 11.5. The van der Waals surface area contributed by atoms with Crippen molar-refractivity contribution in [2.24, 2.45) is 0 Å². The van der Waals surface area contributed by atoms with E-state index in [4.69, 9.17) is 17.0 Å². The number of nitrogens with one attached hydrogen (secondary N) is 2. The zero-order valence-corrected chi connectivity index (χ0v) is 14.9. The maximum atomic E-state index is 11.7. The number of hydrogen-bond acceptors (Lipinski definition) is 3. The van der Waals surface area contributed by atoms with Gasteiger partial charge in [-0.2, -0.15) is 0 Å². The van der Waals surface area contributed by atoms with Gasteiger partial charge in [-0.15, -0.1) is 0 Å². The molecule has 0 saturated heterocycles. The molecule has 0 spiro atoms. The molecule has 24 heavy (non-hydrogen) atoms. The van der Waals surface area contributed by atoms with Crippen molar-refractivity contribution in [1.29, 1.82) is 0 Å². The predicted octanol–water partition coefficient (Wildman–Crippen LogP) is 4.22. The lowest BCUT2D eigenvalue weighted by molar-refractivity contribution is 0.0601. The molecule has 1 atom stereocenters. The molecule has 2 N–H and O–H groups in total. The molecule has 126 valence electrons. The monoisotopic (exact) mass is 342 g/mol. The fraction of sp³-hybridized carbons (Fsp3) is 0.263. The molecule has 0 bridgehead atoms. The lowest BCUT2D eigenvalue weighted by Crippen LogP contribution is -2.32. The molecular weight excluding hydrogens is 320 g/mol. The first kappa shape index (κ1) is 17.9. The van der Waals surface area contributed by atoms with Gasteiger partial charge in [-0.1, -0.05) is 43.3 Å². The van der Waals surface area contributed by atoms with Crippen LogP contribution in [0.3, 0.4) is 0 Å². The molecule has 0 aliphatic rings. The summed E-state index contributed by atoms with van der Waals surface area (Å²) in [6.45, 7) is 4.07. The van der Waals surface area contributed by atoms with Crippen molar-refractivity contribution in [2.45, 2.75) is 26.3 Å². The standard InChI is InChI=1S/C19H22N2O2S/c1-4-16(14-8-6-5-7-9-14)20-19(24)21-17-12-15(18(22)23-3)11-10-13(17)2/h5-12,16H,4H2,1-3H3,(H2,20,21,24)/t16-/m1/s1. The van der Waals surface area contributed by atoms with Gasteiger partial charge >= 0.3 is 5.97 Å². The van der Waals surface area contributed by atoms with Gasteiger partial charge in [0, 0.05) is 5.69 Å². The Morgan fingerprint density at radius 1 is 1.21 bits per heavy atom. The van der Waals surface area contributed by atoms with Crippen LogP contribution in [-0.4, -0.2) is 18.2 Å². The summed E-state index contributed by atoms with van der Waals surface area (Å²) in [6.07, 6.45) is 0.910. The van der Waals surface area contributed by atoms with Crippen LogP contribution in [0, 0.1) is 6.92 Å². The largest absolute Gasteiger partial charge is 0.465 e. The summed E-state index contributed by atoms with van der Waals surface area (Å²) in [4.78, 5) is 11.7. The molecule has 0 amide bonds. The molecular formula is C19H22N2O2S. The van der Waals surface area contributed by atoms with Gasteiger partial charge in [0.1, 0.15) is 0 Å². The minimum atomic E-state index is -0.368. The minimum absolute atomic E-state index is 0.135. The zero-order valence-electron chi connectivity index (χ0n) is 14.1. The highest BCUT2D eigenvalue weighted by Gasteiger charge is 2.12. The average Bonchev–Trinajstić information content (AvgIpc) is 2.61. The maximum absolute atomic E-state index is 11.7. The van der Waals surface area contributed by atoms with Crippen LogP contribution in [0.4, 0.5) is 5.69 Å². The van der Waals surface area contributed by atoms with Crippen molar-refractivity contribution in [2.75, 3.05) is 12.4 Å². The van der Waals surface area contributed by atoms with E-state index in [1.54, 1.807) is 12.1 Å². The molecule has 0 saturated carbocycles. The Kier molecular flexibility index (Phi) is 6.32. The molecule has 0 heterocycles. The van der Waals surface area contributed by atoms with E-state index in [0.29, 0.717) is 10.7 Å². The number of rotatable bonds is 5. The second-order valence-electron chi connectivity index (χ2n) is 5.49. The second kappa shape index (κ2) is 8.45. The van der Waals surface area contributed by atoms with Gasteiger partial charge in [-0.25, -0.2) is 4.79 Å². The summed E-state index contributed by atoms with van der Waals surface area (Å²) in [5, 5.41) is 7.03. The summed E-state index contributed by atoms with van der Waals surface area (Å²) in [5.41, 5.74) is 3.46. The molecule has 4 nitrogen and oxygen atoms in total. The molecule has 0 aromatic heterocycles. The SMILES string of the molecule is CC[C@@H](NC(=S)Nc1cc(C(=O)OC)ccc1C)c1ccccc1. The van der Waals surface area contributed by atoms with Crippen LogP contribution >= 0.6 is 12.2 Å². The lowest BCUT2D eigenvalue weighted by atomic mass is 10.1. The Morgan fingerprint density at radius 3 is 2.54 bits per heavy atom. The smallest absolute Gasteiger partial charge is 0.337 e. The summed E-state index contributed by atoms with van der Waals surface area (Å²) < 4.78 is 4.76. The third-order valence-electron chi connectivity index (χ3n) is 3.82. The van der Waals surface area contributed by atoms with Crippen molar-refractivity contribution in [1.82, 2.24) is 5.32 Å². The third-order valence-corrected chi connectivity index (χ3v) is 4.04. The number of esters is 1. The van der Waals surface area contributed by atoms with Crippen molar-refractivity contribution < 1.29 is 9.53 Å². The highest BCUT2D eigenvalue weighted by molar-refractivity contribution is 7.80. The van der Waals surface area contributed by atoms with Gasteiger partial charge in [-0.05, 0) is 48.8 Å². The number of methoxy groups -OCH3 is 1. The fourth-order valence-corrected chi connectivity index (χ4v) is 2.68. The molecule has 0 radical (unpaired) electrons. The molecule has 0 aliphatic carbocycles. The summed E-state index contributed by atoms with van der Waals surface area (Å²) in [5.74, 6) is -0.368. The summed E-state index contributed by atoms with van der Waals surface area (Å²) in [7, 11) is 1.37. The fourth-order valence-electron chi connectivity index (χ4n) is 2.42. The number of anilines is 1. The number of carbonyl (C=O) groups is 1. The third kappa shape index (κ3) is 4.55. The van der Waals surface area contributed by atoms with E-state index in [1.165, 1.54) is 12.7 Å². The molecule has 2 aromatic rings. The Hall–Kier alpha value is -2.40. The van der Waals surface area contributed by atoms with Crippen molar-refractivity contribution in [3.8, 4) is 0 Å². The highest BCUT2D eigenvalue weighted by Crippen LogP contribution is 2.19. The quantitative estimate of drug-likeness (QED) is 0.629. The van der Waals surface area contributed by atoms with Crippen LogP contribution < -0.4 is 10.6 Å². The molecule has 5 heteroatoms. The number of carbonyl (C=O) groups excluding carboxylic acids is 1. The van der Waals surface area contributed by atoms with E-state index in [-0.39, 0.29) is 12.0 Å². The Bertz CT molecular complexity index is 717. The Balaban J connectivity index is 2.10. The Morgan fingerprint density at radius 2 is 1.92 bits per heavy atom. The predicted molar refractivity (Wildman–Crippen MR) is 101 cm³/mol.